The van der Waals surface area contributed by atoms with Gasteiger partial charge in [0.1, 0.15) is 0 Å². The first-order valence-corrected chi connectivity index (χ1v) is 7.66. The monoisotopic (exact) mass is 349 g/mol. The number of hydrogen-bond donors (Lipinski definition) is 2. The van der Waals surface area contributed by atoms with Crippen molar-refractivity contribution in [3.05, 3.63) is 64.1 Å². The van der Waals surface area contributed by atoms with Gasteiger partial charge in [-0.2, -0.15) is 12.6 Å². The summed E-state index contributed by atoms with van der Waals surface area (Å²) in [4.78, 5) is 12.1. The van der Waals surface area contributed by atoms with Gasteiger partial charge in [0.05, 0.1) is 10.9 Å². The minimum Gasteiger partial charge on any atom is -0.324 e. The molecule has 0 heterocycles. The molecule has 0 saturated carbocycles. The van der Waals surface area contributed by atoms with Crippen molar-refractivity contribution in [2.75, 3.05) is 5.32 Å². The van der Waals surface area contributed by atoms with Crippen molar-refractivity contribution < 1.29 is 4.79 Å². The van der Waals surface area contributed by atoms with Gasteiger partial charge >= 0.3 is 0 Å². The summed E-state index contributed by atoms with van der Waals surface area (Å²) in [6.07, 6.45) is 0.610. The van der Waals surface area contributed by atoms with Crippen LogP contribution in [0.5, 0.6) is 0 Å². The Bertz CT molecular complexity index is 601. The zero-order chi connectivity index (χ0) is 14.5. The van der Waals surface area contributed by atoms with Gasteiger partial charge in [0, 0.05) is 4.47 Å². The molecule has 0 aliphatic rings. The van der Waals surface area contributed by atoms with Crippen molar-refractivity contribution in [2.24, 2.45) is 0 Å². The molecule has 0 bridgehead atoms. The lowest BCUT2D eigenvalue weighted by Crippen LogP contribution is -2.25. The molecule has 0 fully saturated rings. The second-order valence-electron chi connectivity index (χ2n) is 4.68. The number of rotatable bonds is 4. The molecule has 2 aromatic carbocycles. The van der Waals surface area contributed by atoms with Gasteiger partial charge < -0.3 is 5.32 Å². The molecule has 0 aliphatic carbocycles. The SMILES string of the molecule is Cc1ccc(NC(=O)C(S)Cc2ccccc2)c(Br)c1. The van der Waals surface area contributed by atoms with Gasteiger partial charge in [0.15, 0.2) is 0 Å². The molecule has 1 atom stereocenters. The van der Waals surface area contributed by atoms with E-state index in [9.17, 15) is 4.79 Å². The molecule has 104 valence electrons. The van der Waals surface area contributed by atoms with Crippen LogP contribution in [0.4, 0.5) is 5.69 Å². The highest BCUT2D eigenvalue weighted by Gasteiger charge is 2.15. The Morgan fingerprint density at radius 2 is 1.95 bits per heavy atom. The summed E-state index contributed by atoms with van der Waals surface area (Å²) in [6.45, 7) is 2.01. The minimum absolute atomic E-state index is 0.0956. The molecule has 1 unspecified atom stereocenters. The molecule has 0 aromatic heterocycles. The lowest BCUT2D eigenvalue weighted by Gasteiger charge is -2.13. The molecule has 0 radical (unpaired) electrons. The van der Waals surface area contributed by atoms with E-state index in [4.69, 9.17) is 0 Å². The van der Waals surface area contributed by atoms with E-state index < -0.39 is 0 Å². The van der Waals surface area contributed by atoms with Crippen LogP contribution in [-0.4, -0.2) is 11.2 Å². The summed E-state index contributed by atoms with van der Waals surface area (Å²) in [7, 11) is 0. The number of carbonyl (C=O) groups is 1. The molecule has 0 saturated heterocycles. The van der Waals surface area contributed by atoms with Gasteiger partial charge in [-0.05, 0) is 52.5 Å². The molecule has 20 heavy (non-hydrogen) atoms. The van der Waals surface area contributed by atoms with Crippen LogP contribution in [0.25, 0.3) is 0 Å². The van der Waals surface area contributed by atoms with Crippen LogP contribution in [0.15, 0.2) is 53.0 Å². The van der Waals surface area contributed by atoms with Crippen LogP contribution in [0.3, 0.4) is 0 Å². The fourth-order valence-electron chi connectivity index (χ4n) is 1.87. The molecule has 2 nitrogen and oxygen atoms in total. The summed E-state index contributed by atoms with van der Waals surface area (Å²) in [5, 5.41) is 2.53. The van der Waals surface area contributed by atoms with E-state index in [-0.39, 0.29) is 11.2 Å². The predicted molar refractivity (Wildman–Crippen MR) is 90.4 cm³/mol. The number of thiol groups is 1. The van der Waals surface area contributed by atoms with Crippen molar-refractivity contribution in [1.82, 2.24) is 0 Å². The Hall–Kier alpha value is -1.26. The number of benzene rings is 2. The average Bonchev–Trinajstić information content (AvgIpc) is 2.43. The number of hydrogen-bond acceptors (Lipinski definition) is 2. The molecule has 4 heteroatoms. The Balaban J connectivity index is 2.01. The van der Waals surface area contributed by atoms with E-state index >= 15 is 0 Å². The molecule has 1 amide bonds. The quantitative estimate of drug-likeness (QED) is 0.794. The molecule has 0 spiro atoms. The lowest BCUT2D eigenvalue weighted by atomic mass is 10.1. The first-order chi connectivity index (χ1) is 9.56. The van der Waals surface area contributed by atoms with Crippen molar-refractivity contribution >= 4 is 40.2 Å². The maximum Gasteiger partial charge on any atom is 0.237 e. The minimum atomic E-state index is -0.370. The molecule has 2 rings (SSSR count). The highest BCUT2D eigenvalue weighted by atomic mass is 79.9. The Morgan fingerprint density at radius 3 is 2.60 bits per heavy atom. The van der Waals surface area contributed by atoms with E-state index in [2.05, 4.69) is 33.9 Å². The van der Waals surface area contributed by atoms with E-state index in [1.54, 1.807) is 0 Å². The number of halogens is 1. The van der Waals surface area contributed by atoms with Gasteiger partial charge in [-0.1, -0.05) is 36.4 Å². The predicted octanol–water partition coefficient (Wildman–Crippen LogP) is 4.24. The number of amides is 1. The highest BCUT2D eigenvalue weighted by molar-refractivity contribution is 9.10. The Labute approximate surface area is 133 Å². The third kappa shape index (κ3) is 4.12. The van der Waals surface area contributed by atoms with Crippen LogP contribution in [0.1, 0.15) is 11.1 Å². The molecular formula is C16H16BrNOS. The van der Waals surface area contributed by atoms with Crippen molar-refractivity contribution in [2.45, 2.75) is 18.6 Å². The van der Waals surface area contributed by atoms with Crippen LogP contribution in [0.2, 0.25) is 0 Å². The van der Waals surface area contributed by atoms with E-state index in [0.29, 0.717) is 6.42 Å². The van der Waals surface area contributed by atoms with Crippen LogP contribution < -0.4 is 5.32 Å². The standard InChI is InChI=1S/C16H16BrNOS/c1-11-7-8-14(13(17)9-11)18-16(19)15(20)10-12-5-3-2-4-6-12/h2-9,15,20H,10H2,1H3,(H,18,19). The topological polar surface area (TPSA) is 29.1 Å². The molecule has 1 N–H and O–H groups in total. The maximum absolute atomic E-state index is 12.1. The molecule has 0 aliphatic heterocycles. The van der Waals surface area contributed by atoms with E-state index in [1.165, 1.54) is 0 Å². The Kier molecular flexibility index (Phi) is 5.26. The summed E-state index contributed by atoms with van der Waals surface area (Å²) < 4.78 is 0.881. The Morgan fingerprint density at radius 1 is 1.25 bits per heavy atom. The first kappa shape index (κ1) is 15.1. The summed E-state index contributed by atoms with van der Waals surface area (Å²) in [5.41, 5.74) is 3.01. The molecule has 2 aromatic rings. The lowest BCUT2D eigenvalue weighted by molar-refractivity contribution is -0.115. The van der Waals surface area contributed by atoms with Crippen molar-refractivity contribution in [1.29, 1.82) is 0 Å². The number of nitrogens with one attached hydrogen (secondary N) is 1. The fraction of sp³-hybridized carbons (Fsp3) is 0.188. The fourth-order valence-corrected chi connectivity index (χ4v) is 2.74. The summed E-state index contributed by atoms with van der Waals surface area (Å²) in [5.74, 6) is -0.0956. The third-order valence-electron chi connectivity index (χ3n) is 2.96. The highest BCUT2D eigenvalue weighted by Crippen LogP contribution is 2.24. The zero-order valence-electron chi connectivity index (χ0n) is 11.1. The van der Waals surface area contributed by atoms with Gasteiger partial charge in [-0.25, -0.2) is 0 Å². The van der Waals surface area contributed by atoms with Gasteiger partial charge in [0.2, 0.25) is 5.91 Å². The van der Waals surface area contributed by atoms with Crippen LogP contribution in [-0.2, 0) is 11.2 Å². The maximum atomic E-state index is 12.1. The average molecular weight is 350 g/mol. The summed E-state index contributed by atoms with van der Waals surface area (Å²) in [6, 6.07) is 15.7. The number of anilines is 1. The zero-order valence-corrected chi connectivity index (χ0v) is 13.6. The second-order valence-corrected chi connectivity index (χ2v) is 6.16. The number of carbonyl (C=O) groups excluding carboxylic acids is 1. The summed E-state index contributed by atoms with van der Waals surface area (Å²) >= 11 is 7.85. The smallest absolute Gasteiger partial charge is 0.237 e. The number of aryl methyl sites for hydroxylation is 1. The van der Waals surface area contributed by atoms with Crippen molar-refractivity contribution in [3.63, 3.8) is 0 Å². The van der Waals surface area contributed by atoms with E-state index in [1.807, 2.05) is 55.5 Å². The normalized spacial score (nSPS) is 11.9. The van der Waals surface area contributed by atoms with Gasteiger partial charge in [0.25, 0.3) is 0 Å². The van der Waals surface area contributed by atoms with E-state index in [0.717, 1.165) is 21.3 Å². The van der Waals surface area contributed by atoms with Crippen LogP contribution in [0, 0.1) is 6.92 Å². The van der Waals surface area contributed by atoms with Crippen molar-refractivity contribution in [3.8, 4) is 0 Å². The molecular weight excluding hydrogens is 334 g/mol. The van der Waals surface area contributed by atoms with Crippen LogP contribution >= 0.6 is 28.6 Å². The first-order valence-electron chi connectivity index (χ1n) is 6.35. The largest absolute Gasteiger partial charge is 0.324 e. The van der Waals surface area contributed by atoms with Gasteiger partial charge in [-0.3, -0.25) is 4.79 Å². The second kappa shape index (κ2) is 6.95. The third-order valence-corrected chi connectivity index (χ3v) is 4.03. The van der Waals surface area contributed by atoms with Gasteiger partial charge in [-0.15, -0.1) is 0 Å².